The lowest BCUT2D eigenvalue weighted by Gasteiger charge is -2.41. The molecule has 0 aromatic rings. The maximum Gasteiger partial charge on any atom is 0.0227 e. The first-order valence-corrected chi connectivity index (χ1v) is 12.2. The molecule has 0 N–H and O–H groups in total. The predicted molar refractivity (Wildman–Crippen MR) is 120 cm³/mol. The van der Waals surface area contributed by atoms with Crippen molar-refractivity contribution in [2.45, 2.75) is 104 Å². The van der Waals surface area contributed by atoms with Crippen molar-refractivity contribution in [1.82, 2.24) is 0 Å². The lowest BCUT2D eigenvalue weighted by Crippen LogP contribution is -2.26. The minimum absolute atomic E-state index is 0.0698. The minimum atomic E-state index is -0.0923. The SMILES string of the molecule is CC(C)(C)P(CC=CN=CCP(C(C)(C)C)C(C)(C)C)C(C)(C)C. The van der Waals surface area contributed by atoms with Gasteiger partial charge in [0.15, 0.2) is 0 Å². The summed E-state index contributed by atoms with van der Waals surface area (Å²) in [5.41, 5.74) is 0. The van der Waals surface area contributed by atoms with Gasteiger partial charge in [0, 0.05) is 18.6 Å². The van der Waals surface area contributed by atoms with E-state index in [9.17, 15) is 0 Å². The first-order valence-electron chi connectivity index (χ1n) is 9.19. The third kappa shape index (κ3) is 9.10. The molecule has 0 saturated heterocycles. The number of aliphatic imine (C=N–C) groups is 1. The maximum atomic E-state index is 4.60. The van der Waals surface area contributed by atoms with E-state index in [4.69, 9.17) is 0 Å². The Hall–Kier alpha value is 0.270. The van der Waals surface area contributed by atoms with Crippen LogP contribution in [0.3, 0.4) is 0 Å². The second-order valence-corrected chi connectivity index (χ2v) is 18.4. The van der Waals surface area contributed by atoms with E-state index in [0.29, 0.717) is 20.6 Å². The molecule has 1 nitrogen and oxygen atoms in total. The molecule has 0 aromatic carbocycles. The van der Waals surface area contributed by atoms with Crippen LogP contribution in [0.15, 0.2) is 17.3 Å². The van der Waals surface area contributed by atoms with E-state index >= 15 is 0 Å². The third-order valence-electron chi connectivity index (χ3n) is 4.09. The Morgan fingerprint density at radius 1 is 0.583 bits per heavy atom. The second-order valence-electron chi connectivity index (χ2n) is 10.6. The summed E-state index contributed by atoms with van der Waals surface area (Å²) in [5, 5.41) is 1.51. The van der Waals surface area contributed by atoms with Crippen LogP contribution in [0.5, 0.6) is 0 Å². The highest BCUT2D eigenvalue weighted by molar-refractivity contribution is 7.61. The van der Waals surface area contributed by atoms with Crippen molar-refractivity contribution >= 4 is 22.1 Å². The van der Waals surface area contributed by atoms with Gasteiger partial charge in [0.05, 0.1) is 0 Å². The van der Waals surface area contributed by atoms with E-state index in [1.807, 2.05) is 6.20 Å². The molecule has 3 heteroatoms. The van der Waals surface area contributed by atoms with Gasteiger partial charge in [-0.25, -0.2) is 0 Å². The summed E-state index contributed by atoms with van der Waals surface area (Å²) in [6.07, 6.45) is 8.74. The van der Waals surface area contributed by atoms with Crippen molar-refractivity contribution in [2.24, 2.45) is 4.99 Å². The molecule has 24 heavy (non-hydrogen) atoms. The molecular weight excluding hydrogens is 328 g/mol. The van der Waals surface area contributed by atoms with Gasteiger partial charge in [-0.2, -0.15) is 0 Å². The second kappa shape index (κ2) is 8.77. The lowest BCUT2D eigenvalue weighted by molar-refractivity contribution is 0.707. The normalized spacial score (nSPS) is 15.4. The zero-order valence-electron chi connectivity index (χ0n) is 18.5. The van der Waals surface area contributed by atoms with Gasteiger partial charge >= 0.3 is 0 Å². The number of hydrogen-bond donors (Lipinski definition) is 0. The summed E-state index contributed by atoms with van der Waals surface area (Å²) in [5.74, 6) is 0. The van der Waals surface area contributed by atoms with E-state index in [-0.39, 0.29) is 15.8 Å². The first-order chi connectivity index (χ1) is 10.5. The Labute approximate surface area is 155 Å². The molecule has 0 radical (unpaired) electrons. The fraction of sp³-hybridized carbons (Fsp3) is 0.857. The third-order valence-corrected chi connectivity index (χ3v) is 11.7. The molecule has 0 spiro atoms. The van der Waals surface area contributed by atoms with Gasteiger partial charge in [0.1, 0.15) is 0 Å². The molecule has 0 aromatic heterocycles. The van der Waals surface area contributed by atoms with Crippen molar-refractivity contribution in [1.29, 1.82) is 0 Å². The van der Waals surface area contributed by atoms with Crippen molar-refractivity contribution in [3.8, 4) is 0 Å². The van der Waals surface area contributed by atoms with Crippen LogP contribution in [0.4, 0.5) is 0 Å². The fourth-order valence-corrected chi connectivity index (χ4v) is 10.3. The molecular formula is C21H43NP2. The molecule has 142 valence electrons. The Morgan fingerprint density at radius 2 is 0.917 bits per heavy atom. The van der Waals surface area contributed by atoms with Crippen molar-refractivity contribution in [2.75, 3.05) is 12.3 Å². The Balaban J connectivity index is 4.78. The maximum absolute atomic E-state index is 4.60. The number of nitrogens with zero attached hydrogens (tertiary/aromatic N) is 1. The quantitative estimate of drug-likeness (QED) is 0.346. The van der Waals surface area contributed by atoms with Gasteiger partial charge in [-0.1, -0.05) is 105 Å². The van der Waals surface area contributed by atoms with Crippen LogP contribution in [-0.4, -0.2) is 39.2 Å². The predicted octanol–water partition coefficient (Wildman–Crippen LogP) is 7.73. The molecule has 0 aliphatic carbocycles. The minimum Gasteiger partial charge on any atom is -0.269 e. The van der Waals surface area contributed by atoms with Gasteiger partial charge in [0.2, 0.25) is 0 Å². The Bertz CT molecular complexity index is 353. The summed E-state index contributed by atoms with van der Waals surface area (Å²) in [6, 6.07) is 0. The molecule has 0 aliphatic heterocycles. The van der Waals surface area contributed by atoms with Crippen LogP contribution >= 0.6 is 15.8 Å². The van der Waals surface area contributed by atoms with Gasteiger partial charge in [0.25, 0.3) is 0 Å². The van der Waals surface area contributed by atoms with Gasteiger partial charge in [-0.05, 0) is 26.8 Å². The van der Waals surface area contributed by atoms with Crippen LogP contribution in [0.1, 0.15) is 83.1 Å². The van der Waals surface area contributed by atoms with Crippen LogP contribution in [0, 0.1) is 0 Å². The summed E-state index contributed by atoms with van der Waals surface area (Å²) in [7, 11) is -0.162. The zero-order chi connectivity index (χ0) is 19.4. The average Bonchev–Trinajstić information content (AvgIpc) is 2.25. The van der Waals surface area contributed by atoms with Crippen LogP contribution < -0.4 is 0 Å². The van der Waals surface area contributed by atoms with Crippen molar-refractivity contribution in [3.05, 3.63) is 12.3 Å². The monoisotopic (exact) mass is 371 g/mol. The highest BCUT2D eigenvalue weighted by atomic mass is 31.1. The van der Waals surface area contributed by atoms with Crippen LogP contribution in [0.2, 0.25) is 0 Å². The zero-order valence-corrected chi connectivity index (χ0v) is 20.3. The highest BCUT2D eigenvalue weighted by Gasteiger charge is 2.34. The number of hydrogen-bond acceptors (Lipinski definition) is 1. The van der Waals surface area contributed by atoms with Crippen LogP contribution in [-0.2, 0) is 0 Å². The van der Waals surface area contributed by atoms with Gasteiger partial charge < -0.3 is 0 Å². The molecule has 0 saturated carbocycles. The smallest absolute Gasteiger partial charge is 0.0227 e. The molecule has 0 atom stereocenters. The lowest BCUT2D eigenvalue weighted by atomic mass is 10.2. The average molecular weight is 372 g/mol. The summed E-state index contributed by atoms with van der Waals surface area (Å²) >= 11 is 0. The molecule has 0 heterocycles. The number of allylic oxidation sites excluding steroid dienone is 1. The van der Waals surface area contributed by atoms with E-state index < -0.39 is 0 Å². The van der Waals surface area contributed by atoms with Gasteiger partial charge in [-0.15, -0.1) is 0 Å². The standard InChI is InChI=1S/C21H43NP2/c1-18(2,3)23(19(4,5)6)16-13-14-22-15-17-24(20(7,8)9)21(10,11)12/h13-15H,16-17H2,1-12H3. The van der Waals surface area contributed by atoms with Crippen LogP contribution in [0.25, 0.3) is 0 Å². The molecule has 0 rings (SSSR count). The molecule has 0 fully saturated rings. The number of rotatable bonds is 5. The molecule has 0 unspecified atom stereocenters. The van der Waals surface area contributed by atoms with E-state index in [2.05, 4.69) is 100 Å². The van der Waals surface area contributed by atoms with Gasteiger partial charge in [-0.3, -0.25) is 4.99 Å². The van der Waals surface area contributed by atoms with E-state index in [1.165, 1.54) is 0 Å². The van der Waals surface area contributed by atoms with E-state index in [1.54, 1.807) is 0 Å². The topological polar surface area (TPSA) is 12.4 Å². The molecule has 0 amide bonds. The first kappa shape index (κ1) is 24.3. The Kier molecular flexibility index (Phi) is 8.87. The van der Waals surface area contributed by atoms with E-state index in [0.717, 1.165) is 12.3 Å². The van der Waals surface area contributed by atoms with Crippen molar-refractivity contribution < 1.29 is 0 Å². The fourth-order valence-electron chi connectivity index (χ4n) is 3.51. The molecule has 0 bridgehead atoms. The van der Waals surface area contributed by atoms with Crippen molar-refractivity contribution in [3.63, 3.8) is 0 Å². The largest absolute Gasteiger partial charge is 0.269 e. The summed E-state index contributed by atoms with van der Waals surface area (Å²) in [6.45, 7) is 28.5. The Morgan fingerprint density at radius 3 is 1.25 bits per heavy atom. The highest BCUT2D eigenvalue weighted by Crippen LogP contribution is 2.59. The summed E-state index contributed by atoms with van der Waals surface area (Å²) in [4.78, 5) is 4.60. The molecule has 0 aliphatic rings. The summed E-state index contributed by atoms with van der Waals surface area (Å²) < 4.78 is 0.